The van der Waals surface area contributed by atoms with Gasteiger partial charge in [-0.3, -0.25) is 4.90 Å². The van der Waals surface area contributed by atoms with Crippen molar-refractivity contribution in [3.8, 4) is 0 Å². The zero-order chi connectivity index (χ0) is 18.4. The second kappa shape index (κ2) is 9.19. The van der Waals surface area contributed by atoms with Crippen molar-refractivity contribution in [2.75, 3.05) is 45.9 Å². The number of carbonyl (C=O) groups excluding carboxylic acids is 1. The molecule has 0 aromatic rings. The lowest BCUT2D eigenvalue weighted by molar-refractivity contribution is -0.0631. The van der Waals surface area contributed by atoms with Crippen LogP contribution in [-0.4, -0.2) is 79.1 Å². The molecule has 0 aromatic heterocycles. The van der Waals surface area contributed by atoms with Crippen LogP contribution in [0.5, 0.6) is 0 Å². The quantitative estimate of drug-likeness (QED) is 0.791. The molecular weight excluding hydrogens is 320 g/mol. The minimum absolute atomic E-state index is 0.236. The highest BCUT2D eigenvalue weighted by atomic mass is 16.6. The maximum Gasteiger partial charge on any atom is 0.409 e. The summed E-state index contributed by atoms with van der Waals surface area (Å²) in [5.74, 6) is 0.682. The maximum atomic E-state index is 11.7. The van der Waals surface area contributed by atoms with Crippen LogP contribution in [0.1, 0.15) is 47.0 Å². The first-order valence-electron chi connectivity index (χ1n) is 9.73. The molecule has 146 valence electrons. The number of amides is 1. The number of aliphatic hydroxyl groups excluding tert-OH is 1. The van der Waals surface area contributed by atoms with Crippen molar-refractivity contribution in [1.82, 2.24) is 9.80 Å². The largest absolute Gasteiger partial charge is 0.450 e. The van der Waals surface area contributed by atoms with E-state index in [1.54, 1.807) is 4.90 Å². The van der Waals surface area contributed by atoms with Crippen LogP contribution in [0, 0.1) is 11.3 Å². The lowest BCUT2D eigenvalue weighted by Gasteiger charge is -2.39. The van der Waals surface area contributed by atoms with E-state index < -0.39 is 6.10 Å². The van der Waals surface area contributed by atoms with Crippen molar-refractivity contribution < 1.29 is 19.4 Å². The van der Waals surface area contributed by atoms with E-state index in [9.17, 15) is 9.90 Å². The van der Waals surface area contributed by atoms with Crippen LogP contribution in [0.25, 0.3) is 0 Å². The van der Waals surface area contributed by atoms with Crippen molar-refractivity contribution in [3.63, 3.8) is 0 Å². The standard InChI is InChI=1S/C19H36N2O4/c1-5-24-18(23)21-8-6-20(7-9-21)13-16(22)14-25-17-10-15(2)11-19(3,4)12-17/h15-17,22H,5-14H2,1-4H3/t15-,16-,17+/m0/s1. The van der Waals surface area contributed by atoms with Crippen molar-refractivity contribution in [2.24, 2.45) is 11.3 Å². The summed E-state index contributed by atoms with van der Waals surface area (Å²) in [4.78, 5) is 15.6. The molecule has 1 aliphatic carbocycles. The Balaban J connectivity index is 1.66. The minimum atomic E-state index is -0.477. The summed E-state index contributed by atoms with van der Waals surface area (Å²) in [6.07, 6.45) is 2.96. The summed E-state index contributed by atoms with van der Waals surface area (Å²) in [6, 6.07) is 0. The molecule has 3 atom stereocenters. The number of β-amino-alcohol motifs (C(OH)–C–C–N with tert-alkyl or cyclic N) is 1. The fourth-order valence-electron chi connectivity index (χ4n) is 4.31. The monoisotopic (exact) mass is 356 g/mol. The third-order valence-electron chi connectivity index (χ3n) is 5.24. The average molecular weight is 357 g/mol. The van der Waals surface area contributed by atoms with Crippen LogP contribution in [-0.2, 0) is 9.47 Å². The van der Waals surface area contributed by atoms with E-state index in [0.717, 1.165) is 25.9 Å². The number of ether oxygens (including phenoxy) is 2. The van der Waals surface area contributed by atoms with Gasteiger partial charge in [-0.05, 0) is 37.5 Å². The van der Waals surface area contributed by atoms with E-state index in [0.29, 0.717) is 44.2 Å². The highest BCUT2D eigenvalue weighted by Gasteiger charge is 2.33. The smallest absolute Gasteiger partial charge is 0.409 e. The number of rotatable bonds is 6. The average Bonchev–Trinajstić information content (AvgIpc) is 2.52. The molecule has 1 heterocycles. The number of carbonyl (C=O) groups is 1. The Morgan fingerprint density at radius 1 is 1.24 bits per heavy atom. The predicted molar refractivity (Wildman–Crippen MR) is 97.6 cm³/mol. The Labute approximate surface area is 152 Å². The Bertz CT molecular complexity index is 422. The topological polar surface area (TPSA) is 62.2 Å². The Kier molecular flexibility index (Phi) is 7.52. The predicted octanol–water partition coefficient (Wildman–Crippen LogP) is 2.35. The second-order valence-electron chi connectivity index (χ2n) is 8.51. The van der Waals surface area contributed by atoms with Crippen LogP contribution >= 0.6 is 0 Å². The van der Waals surface area contributed by atoms with E-state index in [-0.39, 0.29) is 12.2 Å². The van der Waals surface area contributed by atoms with E-state index in [1.165, 1.54) is 6.42 Å². The molecule has 1 saturated carbocycles. The third-order valence-corrected chi connectivity index (χ3v) is 5.24. The number of aliphatic hydroxyl groups is 1. The molecule has 1 saturated heterocycles. The van der Waals surface area contributed by atoms with Crippen LogP contribution in [0.4, 0.5) is 4.79 Å². The highest BCUT2D eigenvalue weighted by Crippen LogP contribution is 2.39. The van der Waals surface area contributed by atoms with E-state index >= 15 is 0 Å². The van der Waals surface area contributed by atoms with Gasteiger partial charge in [-0.15, -0.1) is 0 Å². The summed E-state index contributed by atoms with van der Waals surface area (Å²) < 4.78 is 11.1. The lowest BCUT2D eigenvalue weighted by Crippen LogP contribution is -2.51. The number of hydrogen-bond donors (Lipinski definition) is 1. The first-order valence-corrected chi connectivity index (χ1v) is 9.73. The van der Waals surface area contributed by atoms with Crippen LogP contribution in [0.2, 0.25) is 0 Å². The molecule has 6 nitrogen and oxygen atoms in total. The summed E-state index contributed by atoms with van der Waals surface area (Å²) in [5, 5.41) is 10.3. The van der Waals surface area contributed by atoms with Gasteiger partial charge < -0.3 is 19.5 Å². The molecule has 1 aliphatic heterocycles. The van der Waals surface area contributed by atoms with Crippen molar-refractivity contribution in [2.45, 2.75) is 59.2 Å². The number of hydrogen-bond acceptors (Lipinski definition) is 5. The summed E-state index contributed by atoms with van der Waals surface area (Å²) in [6.45, 7) is 13.0. The summed E-state index contributed by atoms with van der Waals surface area (Å²) >= 11 is 0. The molecule has 2 aliphatic rings. The molecule has 6 heteroatoms. The van der Waals surface area contributed by atoms with Gasteiger partial charge in [0, 0.05) is 32.7 Å². The van der Waals surface area contributed by atoms with Gasteiger partial charge in [0.05, 0.1) is 25.4 Å². The first kappa shape index (κ1) is 20.5. The molecule has 1 N–H and O–H groups in total. The summed E-state index contributed by atoms with van der Waals surface area (Å²) in [7, 11) is 0. The highest BCUT2D eigenvalue weighted by molar-refractivity contribution is 5.67. The first-order chi connectivity index (χ1) is 11.8. The summed E-state index contributed by atoms with van der Waals surface area (Å²) in [5.41, 5.74) is 0.330. The molecule has 0 spiro atoms. The van der Waals surface area contributed by atoms with Gasteiger partial charge in [-0.2, -0.15) is 0 Å². The molecule has 0 aromatic carbocycles. The SMILES string of the molecule is CCOC(=O)N1CCN(C[C@H](O)CO[C@@H]2C[C@H](C)CC(C)(C)C2)CC1. The zero-order valence-electron chi connectivity index (χ0n) is 16.4. The normalized spacial score (nSPS) is 28.6. The van der Waals surface area contributed by atoms with Crippen molar-refractivity contribution in [1.29, 1.82) is 0 Å². The van der Waals surface area contributed by atoms with Gasteiger partial charge in [0.1, 0.15) is 0 Å². The van der Waals surface area contributed by atoms with E-state index in [1.807, 2.05) is 6.92 Å². The molecule has 1 amide bonds. The Morgan fingerprint density at radius 3 is 2.52 bits per heavy atom. The van der Waals surface area contributed by atoms with E-state index in [4.69, 9.17) is 9.47 Å². The van der Waals surface area contributed by atoms with Gasteiger partial charge in [0.2, 0.25) is 0 Å². The van der Waals surface area contributed by atoms with Crippen molar-refractivity contribution >= 4 is 6.09 Å². The van der Waals surface area contributed by atoms with Gasteiger partial charge >= 0.3 is 6.09 Å². The van der Waals surface area contributed by atoms with Gasteiger partial charge in [-0.1, -0.05) is 20.8 Å². The van der Waals surface area contributed by atoms with Crippen LogP contribution < -0.4 is 0 Å². The Hall–Kier alpha value is -0.850. The second-order valence-corrected chi connectivity index (χ2v) is 8.51. The maximum absolute atomic E-state index is 11.7. The van der Waals surface area contributed by atoms with E-state index in [2.05, 4.69) is 25.7 Å². The number of piperazine rings is 1. The van der Waals surface area contributed by atoms with Crippen molar-refractivity contribution in [3.05, 3.63) is 0 Å². The van der Waals surface area contributed by atoms with Crippen LogP contribution in [0.3, 0.4) is 0 Å². The molecule has 2 fully saturated rings. The lowest BCUT2D eigenvalue weighted by atomic mass is 9.71. The fraction of sp³-hybridized carbons (Fsp3) is 0.947. The molecule has 0 unspecified atom stereocenters. The third kappa shape index (κ3) is 6.76. The minimum Gasteiger partial charge on any atom is -0.450 e. The molecule has 0 radical (unpaired) electrons. The Morgan fingerprint density at radius 2 is 1.92 bits per heavy atom. The molecule has 2 rings (SSSR count). The molecule has 25 heavy (non-hydrogen) atoms. The van der Waals surface area contributed by atoms with Gasteiger partial charge in [-0.25, -0.2) is 4.79 Å². The number of nitrogens with zero attached hydrogens (tertiary/aromatic N) is 2. The van der Waals surface area contributed by atoms with Gasteiger partial charge in [0.25, 0.3) is 0 Å². The molecule has 0 bridgehead atoms. The fourth-order valence-corrected chi connectivity index (χ4v) is 4.31. The van der Waals surface area contributed by atoms with Crippen LogP contribution in [0.15, 0.2) is 0 Å². The molecular formula is C19H36N2O4. The van der Waals surface area contributed by atoms with Gasteiger partial charge in [0.15, 0.2) is 0 Å². The zero-order valence-corrected chi connectivity index (χ0v) is 16.4.